The van der Waals surface area contributed by atoms with Crippen LogP contribution in [0.1, 0.15) is 13.3 Å². The Balaban J connectivity index is 2.67. The number of pyridine rings is 1. The molecule has 2 heterocycles. The molecule has 0 unspecified atom stereocenters. The minimum absolute atomic E-state index is 0.161. The van der Waals surface area contributed by atoms with E-state index >= 15 is 0 Å². The standard InChI is InChI=1S/C12H13N3OS/c1-2-7-15-10(8-11(17)14-12(15)16)9-3-5-13-6-4-9/h3-6,8H,2,7H2,1H3,(H,14,16,17). The lowest BCUT2D eigenvalue weighted by atomic mass is 10.2. The Bertz CT molecular complexity index is 616. The second-order valence-corrected chi connectivity index (χ2v) is 4.15. The third-order valence-corrected chi connectivity index (χ3v) is 2.68. The molecular formula is C12H13N3OS. The van der Waals surface area contributed by atoms with Crippen LogP contribution in [0.15, 0.2) is 35.4 Å². The lowest BCUT2D eigenvalue weighted by molar-refractivity contribution is 0.641. The summed E-state index contributed by atoms with van der Waals surface area (Å²) in [6.45, 7) is 2.70. The fraction of sp³-hybridized carbons (Fsp3) is 0.250. The van der Waals surface area contributed by atoms with Crippen molar-refractivity contribution in [3.8, 4) is 11.3 Å². The third kappa shape index (κ3) is 2.50. The largest absolute Gasteiger partial charge is 0.326 e. The molecule has 0 atom stereocenters. The molecule has 0 amide bonds. The van der Waals surface area contributed by atoms with E-state index in [4.69, 9.17) is 12.2 Å². The molecule has 0 saturated carbocycles. The van der Waals surface area contributed by atoms with Gasteiger partial charge in [0.25, 0.3) is 0 Å². The van der Waals surface area contributed by atoms with Crippen LogP contribution in [0.2, 0.25) is 0 Å². The fourth-order valence-corrected chi connectivity index (χ4v) is 1.93. The summed E-state index contributed by atoms with van der Waals surface area (Å²) < 4.78 is 2.15. The van der Waals surface area contributed by atoms with Gasteiger partial charge in [-0.25, -0.2) is 4.79 Å². The SMILES string of the molecule is CCCn1c(-c2ccncc2)cc(=S)[nH]c1=O. The molecule has 2 aromatic heterocycles. The maximum Gasteiger partial charge on any atom is 0.326 e. The van der Waals surface area contributed by atoms with E-state index in [1.54, 1.807) is 17.0 Å². The summed E-state index contributed by atoms with van der Waals surface area (Å²) >= 11 is 5.05. The zero-order valence-electron chi connectivity index (χ0n) is 9.51. The molecule has 1 N–H and O–H groups in total. The molecule has 0 bridgehead atoms. The highest BCUT2D eigenvalue weighted by atomic mass is 32.1. The van der Waals surface area contributed by atoms with Crippen molar-refractivity contribution < 1.29 is 0 Å². The lowest BCUT2D eigenvalue weighted by Gasteiger charge is -2.11. The number of hydrogen-bond acceptors (Lipinski definition) is 3. The van der Waals surface area contributed by atoms with E-state index in [0.29, 0.717) is 11.2 Å². The van der Waals surface area contributed by atoms with Gasteiger partial charge in [0.2, 0.25) is 0 Å². The summed E-state index contributed by atoms with van der Waals surface area (Å²) in [4.78, 5) is 18.5. The predicted molar refractivity (Wildman–Crippen MR) is 69.4 cm³/mol. The summed E-state index contributed by atoms with van der Waals surface area (Å²) in [7, 11) is 0. The molecule has 0 aliphatic heterocycles. The van der Waals surface area contributed by atoms with Crippen molar-refractivity contribution >= 4 is 12.2 Å². The number of nitrogens with zero attached hydrogens (tertiary/aromatic N) is 2. The van der Waals surface area contributed by atoms with Crippen LogP contribution < -0.4 is 5.69 Å². The van der Waals surface area contributed by atoms with Crippen LogP contribution >= 0.6 is 12.2 Å². The zero-order valence-corrected chi connectivity index (χ0v) is 10.3. The Kier molecular flexibility index (Phi) is 3.49. The van der Waals surface area contributed by atoms with Gasteiger partial charge < -0.3 is 0 Å². The maximum atomic E-state index is 11.8. The molecular weight excluding hydrogens is 234 g/mol. The molecule has 0 aliphatic rings. The Morgan fingerprint density at radius 1 is 1.41 bits per heavy atom. The van der Waals surface area contributed by atoms with Gasteiger partial charge in [0, 0.05) is 24.5 Å². The molecule has 4 nitrogen and oxygen atoms in total. The molecule has 5 heteroatoms. The molecule has 0 radical (unpaired) electrons. The summed E-state index contributed by atoms with van der Waals surface area (Å²) in [5.74, 6) is 0. The summed E-state index contributed by atoms with van der Waals surface area (Å²) in [5.41, 5.74) is 1.62. The van der Waals surface area contributed by atoms with Crippen LogP contribution in [0, 0.1) is 4.64 Å². The number of aromatic nitrogens is 3. The van der Waals surface area contributed by atoms with Gasteiger partial charge in [-0.2, -0.15) is 0 Å². The minimum atomic E-state index is -0.161. The first-order valence-electron chi connectivity index (χ1n) is 5.47. The monoisotopic (exact) mass is 247 g/mol. The van der Waals surface area contributed by atoms with Crippen molar-refractivity contribution in [2.45, 2.75) is 19.9 Å². The molecule has 17 heavy (non-hydrogen) atoms. The molecule has 2 aromatic rings. The molecule has 0 fully saturated rings. The van der Waals surface area contributed by atoms with E-state index in [2.05, 4.69) is 9.97 Å². The van der Waals surface area contributed by atoms with Gasteiger partial charge in [-0.1, -0.05) is 19.1 Å². The predicted octanol–water partition coefficient (Wildman–Crippen LogP) is 2.38. The van der Waals surface area contributed by atoms with E-state index in [1.165, 1.54) is 0 Å². The average molecular weight is 247 g/mol. The van der Waals surface area contributed by atoms with Gasteiger partial charge in [-0.05, 0) is 24.6 Å². The number of hydrogen-bond donors (Lipinski definition) is 1. The van der Waals surface area contributed by atoms with Crippen molar-refractivity contribution in [3.63, 3.8) is 0 Å². The summed E-state index contributed by atoms with van der Waals surface area (Å²) in [6.07, 6.45) is 4.30. The van der Waals surface area contributed by atoms with Crippen molar-refractivity contribution in [1.29, 1.82) is 0 Å². The van der Waals surface area contributed by atoms with Gasteiger partial charge in [-0.3, -0.25) is 14.5 Å². The van der Waals surface area contributed by atoms with E-state index in [9.17, 15) is 4.79 Å². The number of nitrogens with one attached hydrogen (secondary N) is 1. The van der Waals surface area contributed by atoms with Gasteiger partial charge in [-0.15, -0.1) is 0 Å². The van der Waals surface area contributed by atoms with E-state index in [-0.39, 0.29) is 5.69 Å². The van der Waals surface area contributed by atoms with Gasteiger partial charge in [0.1, 0.15) is 4.64 Å². The highest BCUT2D eigenvalue weighted by Crippen LogP contribution is 2.16. The molecule has 0 aromatic carbocycles. The van der Waals surface area contributed by atoms with Crippen molar-refractivity contribution in [2.75, 3.05) is 0 Å². The Hall–Kier alpha value is -1.75. The van der Waals surface area contributed by atoms with Crippen LogP contribution in [-0.2, 0) is 6.54 Å². The van der Waals surface area contributed by atoms with E-state index in [0.717, 1.165) is 17.7 Å². The second-order valence-electron chi connectivity index (χ2n) is 3.71. The Morgan fingerprint density at radius 2 is 2.12 bits per heavy atom. The third-order valence-electron chi connectivity index (χ3n) is 2.46. The summed E-state index contributed by atoms with van der Waals surface area (Å²) in [6, 6.07) is 5.55. The van der Waals surface area contributed by atoms with Gasteiger partial charge >= 0.3 is 5.69 Å². The van der Waals surface area contributed by atoms with Crippen LogP contribution in [0.5, 0.6) is 0 Å². The Labute approximate surface area is 104 Å². The van der Waals surface area contributed by atoms with Crippen molar-refractivity contribution in [2.24, 2.45) is 0 Å². The molecule has 0 spiro atoms. The summed E-state index contributed by atoms with van der Waals surface area (Å²) in [5, 5.41) is 0. The topological polar surface area (TPSA) is 50.7 Å². The van der Waals surface area contributed by atoms with Crippen molar-refractivity contribution in [3.05, 3.63) is 45.7 Å². The van der Waals surface area contributed by atoms with Crippen LogP contribution in [0.4, 0.5) is 0 Å². The average Bonchev–Trinajstić information content (AvgIpc) is 2.33. The number of aromatic amines is 1. The Morgan fingerprint density at radius 3 is 2.76 bits per heavy atom. The van der Waals surface area contributed by atoms with Crippen LogP contribution in [0.25, 0.3) is 11.3 Å². The smallest absolute Gasteiger partial charge is 0.298 e. The lowest BCUT2D eigenvalue weighted by Crippen LogP contribution is -2.24. The van der Waals surface area contributed by atoms with Crippen LogP contribution in [-0.4, -0.2) is 14.5 Å². The normalized spacial score (nSPS) is 10.4. The molecule has 0 saturated heterocycles. The fourth-order valence-electron chi connectivity index (χ4n) is 1.73. The van der Waals surface area contributed by atoms with E-state index < -0.39 is 0 Å². The molecule has 88 valence electrons. The minimum Gasteiger partial charge on any atom is -0.298 e. The second kappa shape index (κ2) is 5.05. The first-order chi connectivity index (χ1) is 8.22. The van der Waals surface area contributed by atoms with Crippen LogP contribution in [0.3, 0.4) is 0 Å². The maximum absolute atomic E-state index is 11.8. The first-order valence-corrected chi connectivity index (χ1v) is 5.87. The van der Waals surface area contributed by atoms with Crippen molar-refractivity contribution in [1.82, 2.24) is 14.5 Å². The van der Waals surface area contributed by atoms with Gasteiger partial charge in [0.05, 0.1) is 5.69 Å². The zero-order chi connectivity index (χ0) is 12.3. The number of rotatable bonds is 3. The van der Waals surface area contributed by atoms with E-state index in [1.807, 2.05) is 25.1 Å². The quantitative estimate of drug-likeness (QED) is 0.847. The van der Waals surface area contributed by atoms with Gasteiger partial charge in [0.15, 0.2) is 0 Å². The number of H-pyrrole nitrogens is 1. The highest BCUT2D eigenvalue weighted by Gasteiger charge is 2.06. The molecule has 0 aliphatic carbocycles. The first kappa shape index (κ1) is 11.7. The molecule has 2 rings (SSSR count). The highest BCUT2D eigenvalue weighted by molar-refractivity contribution is 7.71.